The van der Waals surface area contributed by atoms with Gasteiger partial charge in [0.2, 0.25) is 0 Å². The lowest BCUT2D eigenvalue weighted by Gasteiger charge is -2.18. The molecule has 132 valence electrons. The predicted octanol–water partition coefficient (Wildman–Crippen LogP) is 3.99. The fourth-order valence-corrected chi connectivity index (χ4v) is 3.00. The molecule has 0 fully saturated rings. The summed E-state index contributed by atoms with van der Waals surface area (Å²) in [5.74, 6) is 1.07. The van der Waals surface area contributed by atoms with E-state index in [0.717, 1.165) is 23.9 Å². The molecule has 2 aromatic carbocycles. The molecule has 0 aliphatic carbocycles. The largest absolute Gasteiger partial charge is 0.507 e. The fraction of sp³-hybridized carbons (Fsp3) is 0.381. The zero-order valence-electron chi connectivity index (χ0n) is 16.0. The van der Waals surface area contributed by atoms with Gasteiger partial charge in [-0.3, -0.25) is 4.79 Å². The Morgan fingerprint density at radius 1 is 1.04 bits per heavy atom. The van der Waals surface area contributed by atoms with Gasteiger partial charge in [0.05, 0.1) is 12.7 Å². The standard InChI is InChI=1S/C21H27BO3/c1-12(2)16-9-14(10-17(13(3)4)21(16)24)20(23)18-11-15(22-5)7-8-19(18)25-6/h7-13,22,24H,1-6H3. The Hall–Kier alpha value is -2.23. The first-order valence-electron chi connectivity index (χ1n) is 8.88. The monoisotopic (exact) mass is 338 g/mol. The van der Waals surface area contributed by atoms with Crippen LogP contribution in [0.15, 0.2) is 30.3 Å². The molecule has 0 radical (unpaired) electrons. The van der Waals surface area contributed by atoms with E-state index in [1.165, 1.54) is 0 Å². The van der Waals surface area contributed by atoms with Crippen molar-refractivity contribution in [3.8, 4) is 11.5 Å². The lowest BCUT2D eigenvalue weighted by molar-refractivity contribution is 0.103. The quantitative estimate of drug-likeness (QED) is 0.640. The molecule has 0 unspecified atom stereocenters. The maximum atomic E-state index is 13.2. The van der Waals surface area contributed by atoms with Gasteiger partial charge in [-0.2, -0.15) is 0 Å². The molecule has 2 aromatic rings. The number of carbonyl (C=O) groups excluding carboxylic acids is 1. The molecule has 3 nitrogen and oxygen atoms in total. The summed E-state index contributed by atoms with van der Waals surface area (Å²) in [7, 11) is 2.43. The first kappa shape index (κ1) is 19.1. The van der Waals surface area contributed by atoms with Crippen LogP contribution >= 0.6 is 0 Å². The molecule has 25 heavy (non-hydrogen) atoms. The molecule has 0 saturated heterocycles. The van der Waals surface area contributed by atoms with Crippen LogP contribution in [0.1, 0.15) is 66.6 Å². The summed E-state index contributed by atoms with van der Waals surface area (Å²) in [4.78, 5) is 13.2. The van der Waals surface area contributed by atoms with Gasteiger partial charge in [0.25, 0.3) is 0 Å². The maximum Gasteiger partial charge on any atom is 0.196 e. The fourth-order valence-electron chi connectivity index (χ4n) is 3.00. The average Bonchev–Trinajstić information content (AvgIpc) is 2.60. The van der Waals surface area contributed by atoms with Crippen molar-refractivity contribution in [2.45, 2.75) is 46.4 Å². The van der Waals surface area contributed by atoms with E-state index in [0.29, 0.717) is 22.6 Å². The Bertz CT molecular complexity index is 750. The Morgan fingerprint density at radius 3 is 2.04 bits per heavy atom. The molecule has 0 aliphatic rings. The molecule has 0 spiro atoms. The highest BCUT2D eigenvalue weighted by atomic mass is 16.5. The highest BCUT2D eigenvalue weighted by molar-refractivity contribution is 6.52. The Morgan fingerprint density at radius 2 is 1.60 bits per heavy atom. The van der Waals surface area contributed by atoms with Crippen LogP contribution in [0, 0.1) is 0 Å². The lowest BCUT2D eigenvalue weighted by Crippen LogP contribution is -2.15. The second kappa shape index (κ2) is 7.77. The number of phenols is 1. The number of hydrogen-bond acceptors (Lipinski definition) is 3. The highest BCUT2D eigenvalue weighted by Gasteiger charge is 2.21. The van der Waals surface area contributed by atoms with Gasteiger partial charge in [-0.15, -0.1) is 0 Å². The SMILES string of the molecule is CBc1ccc(OC)c(C(=O)c2cc(C(C)C)c(O)c(C(C)C)c2)c1. The number of aromatic hydroxyl groups is 1. The second-order valence-corrected chi connectivity index (χ2v) is 7.03. The van der Waals surface area contributed by atoms with Gasteiger partial charge in [0.15, 0.2) is 13.1 Å². The third kappa shape index (κ3) is 3.89. The number of rotatable bonds is 6. The van der Waals surface area contributed by atoms with Crippen molar-refractivity contribution in [2.24, 2.45) is 0 Å². The van der Waals surface area contributed by atoms with Gasteiger partial charge >= 0.3 is 0 Å². The molecule has 1 N–H and O–H groups in total. The Balaban J connectivity index is 2.64. The Labute approximate surface area is 151 Å². The number of methoxy groups -OCH3 is 1. The summed E-state index contributed by atoms with van der Waals surface area (Å²) in [6.45, 7) is 10.1. The number of hydrogen-bond donors (Lipinski definition) is 1. The summed E-state index contributed by atoms with van der Waals surface area (Å²) in [5, 5.41) is 10.6. The number of ketones is 1. The smallest absolute Gasteiger partial charge is 0.196 e. The van der Waals surface area contributed by atoms with Crippen LogP contribution in [-0.4, -0.2) is 25.3 Å². The minimum atomic E-state index is -0.0732. The molecule has 0 aromatic heterocycles. The number of ether oxygens (including phenoxy) is 1. The van der Waals surface area contributed by atoms with Crippen LogP contribution in [0.5, 0.6) is 11.5 Å². The molecule has 0 atom stereocenters. The van der Waals surface area contributed by atoms with E-state index in [9.17, 15) is 9.90 Å². The van der Waals surface area contributed by atoms with Crippen LogP contribution in [0.25, 0.3) is 0 Å². The van der Waals surface area contributed by atoms with Crippen molar-refractivity contribution >= 4 is 18.5 Å². The van der Waals surface area contributed by atoms with Gasteiger partial charge in [0, 0.05) is 5.56 Å². The minimum absolute atomic E-state index is 0.0732. The molecule has 0 amide bonds. The van der Waals surface area contributed by atoms with E-state index in [2.05, 4.69) is 6.82 Å². The van der Waals surface area contributed by atoms with E-state index in [4.69, 9.17) is 4.74 Å². The van der Waals surface area contributed by atoms with E-state index in [1.54, 1.807) is 7.11 Å². The molecule has 0 heterocycles. The Kier molecular flexibility index (Phi) is 5.94. The van der Waals surface area contributed by atoms with Gasteiger partial charge in [-0.25, -0.2) is 0 Å². The molecule has 0 bridgehead atoms. The zero-order chi connectivity index (χ0) is 18.7. The first-order chi connectivity index (χ1) is 11.8. The zero-order valence-corrected chi connectivity index (χ0v) is 16.0. The van der Waals surface area contributed by atoms with E-state index in [-0.39, 0.29) is 17.6 Å². The van der Waals surface area contributed by atoms with Crippen molar-refractivity contribution in [3.63, 3.8) is 0 Å². The van der Waals surface area contributed by atoms with Crippen LogP contribution in [0.3, 0.4) is 0 Å². The summed E-state index contributed by atoms with van der Waals surface area (Å²) in [5.41, 5.74) is 3.87. The number of carbonyl (C=O) groups is 1. The van der Waals surface area contributed by atoms with Crippen molar-refractivity contribution in [1.29, 1.82) is 0 Å². The van der Waals surface area contributed by atoms with E-state index >= 15 is 0 Å². The molecule has 4 heteroatoms. The van der Waals surface area contributed by atoms with Crippen LogP contribution < -0.4 is 10.2 Å². The van der Waals surface area contributed by atoms with Gasteiger partial charge in [-0.1, -0.05) is 52.1 Å². The first-order valence-corrected chi connectivity index (χ1v) is 8.88. The van der Waals surface area contributed by atoms with E-state index < -0.39 is 0 Å². The van der Waals surface area contributed by atoms with E-state index in [1.807, 2.05) is 58.0 Å². The molecule has 2 rings (SSSR count). The van der Waals surface area contributed by atoms with Gasteiger partial charge in [0.1, 0.15) is 11.5 Å². The van der Waals surface area contributed by atoms with Crippen molar-refractivity contribution in [1.82, 2.24) is 0 Å². The molecule has 0 saturated carbocycles. The number of benzene rings is 2. The summed E-state index contributed by atoms with van der Waals surface area (Å²) < 4.78 is 5.40. The normalized spacial score (nSPS) is 11.0. The number of phenolic OH excluding ortho intramolecular Hbond substituents is 1. The van der Waals surface area contributed by atoms with Crippen LogP contribution in [-0.2, 0) is 0 Å². The predicted molar refractivity (Wildman–Crippen MR) is 105 cm³/mol. The topological polar surface area (TPSA) is 46.5 Å². The van der Waals surface area contributed by atoms with Crippen LogP contribution in [0.4, 0.5) is 0 Å². The minimum Gasteiger partial charge on any atom is -0.507 e. The average molecular weight is 338 g/mol. The third-order valence-electron chi connectivity index (χ3n) is 4.59. The van der Waals surface area contributed by atoms with Crippen molar-refractivity contribution in [2.75, 3.05) is 7.11 Å². The third-order valence-corrected chi connectivity index (χ3v) is 4.59. The van der Waals surface area contributed by atoms with Gasteiger partial charge in [-0.05, 0) is 41.2 Å². The molecular formula is C21H27BO3. The summed E-state index contributed by atoms with van der Waals surface area (Å²) >= 11 is 0. The maximum absolute atomic E-state index is 13.2. The summed E-state index contributed by atoms with van der Waals surface area (Å²) in [6, 6.07) is 9.35. The molecular weight excluding hydrogens is 311 g/mol. The second-order valence-electron chi connectivity index (χ2n) is 7.03. The van der Waals surface area contributed by atoms with Crippen LogP contribution in [0.2, 0.25) is 6.82 Å². The summed E-state index contributed by atoms with van der Waals surface area (Å²) in [6.07, 6.45) is 0. The molecule has 0 aliphatic heterocycles. The highest BCUT2D eigenvalue weighted by Crippen LogP contribution is 2.35. The lowest BCUT2D eigenvalue weighted by atomic mass is 9.72. The van der Waals surface area contributed by atoms with Crippen molar-refractivity contribution < 1.29 is 14.6 Å². The van der Waals surface area contributed by atoms with Crippen molar-refractivity contribution in [3.05, 3.63) is 52.6 Å². The van der Waals surface area contributed by atoms with Gasteiger partial charge < -0.3 is 9.84 Å².